The SMILES string of the molecule is c1ccc(-c2cc(-c3ccc(C4(c5ccc6nc(-c7ccccc7)oc6c5)c5ccccc5-c5ccccc54)cc3)nc(-c3ccccc3)n2)cc1. The maximum absolute atomic E-state index is 6.46. The molecule has 4 heteroatoms. The number of fused-ring (bicyclic) bond motifs is 4. The monoisotopic (exact) mass is 665 g/mol. The number of benzene rings is 7. The van der Waals surface area contributed by atoms with E-state index in [4.69, 9.17) is 19.4 Å². The lowest BCUT2D eigenvalue weighted by Crippen LogP contribution is -2.28. The van der Waals surface area contributed by atoms with Gasteiger partial charge in [0, 0.05) is 22.3 Å². The number of nitrogens with zero attached hydrogens (tertiary/aromatic N) is 3. The maximum atomic E-state index is 6.46. The average Bonchev–Trinajstić information content (AvgIpc) is 3.79. The highest BCUT2D eigenvalue weighted by atomic mass is 16.3. The average molecular weight is 666 g/mol. The summed E-state index contributed by atoms with van der Waals surface area (Å²) in [6.07, 6.45) is 0. The molecule has 9 aromatic rings. The summed E-state index contributed by atoms with van der Waals surface area (Å²) >= 11 is 0. The number of oxazole rings is 1. The Morgan fingerprint density at radius 2 is 0.885 bits per heavy atom. The molecular weight excluding hydrogens is 635 g/mol. The zero-order valence-electron chi connectivity index (χ0n) is 28.1. The number of aromatic nitrogens is 3. The molecule has 0 radical (unpaired) electrons. The summed E-state index contributed by atoms with van der Waals surface area (Å²) in [5.74, 6) is 1.32. The van der Waals surface area contributed by atoms with E-state index in [1.54, 1.807) is 0 Å². The lowest BCUT2D eigenvalue weighted by molar-refractivity contribution is 0.618. The van der Waals surface area contributed by atoms with Crippen LogP contribution in [0.4, 0.5) is 0 Å². The van der Waals surface area contributed by atoms with E-state index in [2.05, 4.69) is 121 Å². The molecule has 1 aliphatic carbocycles. The predicted octanol–water partition coefficient (Wildman–Crippen LogP) is 11.6. The van der Waals surface area contributed by atoms with Gasteiger partial charge in [-0.1, -0.05) is 158 Å². The van der Waals surface area contributed by atoms with Gasteiger partial charge >= 0.3 is 0 Å². The summed E-state index contributed by atoms with van der Waals surface area (Å²) in [5.41, 5.74) is 14.0. The standard InChI is InChI=1S/C48H31N3O/c1-4-14-32(15-5-1)43-31-44(50-46(49-43)34-16-6-2-7-17-34)33-24-26-36(27-25-33)48(40-22-12-10-20-38(40)39-21-11-13-23-41(39)48)37-28-29-42-45(30-37)52-47(51-42)35-18-8-3-9-19-35/h1-31H. The van der Waals surface area contributed by atoms with E-state index >= 15 is 0 Å². The molecule has 10 rings (SSSR count). The molecule has 0 unspecified atom stereocenters. The smallest absolute Gasteiger partial charge is 0.227 e. The van der Waals surface area contributed by atoms with Crippen molar-refractivity contribution in [2.24, 2.45) is 0 Å². The second-order valence-electron chi connectivity index (χ2n) is 13.2. The van der Waals surface area contributed by atoms with Gasteiger partial charge in [0.1, 0.15) is 5.52 Å². The summed E-state index contributed by atoms with van der Waals surface area (Å²) in [6, 6.07) is 65.7. The molecule has 0 atom stereocenters. The largest absolute Gasteiger partial charge is 0.436 e. The molecule has 0 aliphatic heterocycles. The van der Waals surface area contributed by atoms with Gasteiger partial charge in [-0.15, -0.1) is 0 Å². The van der Waals surface area contributed by atoms with Crippen molar-refractivity contribution in [3.05, 3.63) is 210 Å². The van der Waals surface area contributed by atoms with Gasteiger partial charge in [-0.2, -0.15) is 0 Å². The van der Waals surface area contributed by atoms with Gasteiger partial charge in [0.05, 0.1) is 16.8 Å². The van der Waals surface area contributed by atoms with Crippen molar-refractivity contribution in [3.8, 4) is 56.5 Å². The molecule has 244 valence electrons. The Balaban J connectivity index is 1.16. The van der Waals surface area contributed by atoms with E-state index in [0.717, 1.165) is 55.9 Å². The van der Waals surface area contributed by atoms with Crippen molar-refractivity contribution in [2.75, 3.05) is 0 Å². The normalized spacial score (nSPS) is 12.8. The molecule has 2 heterocycles. The topological polar surface area (TPSA) is 51.8 Å². The summed E-state index contributed by atoms with van der Waals surface area (Å²) in [5, 5.41) is 0. The second kappa shape index (κ2) is 12.1. The van der Waals surface area contributed by atoms with Crippen LogP contribution in [0.3, 0.4) is 0 Å². The quantitative estimate of drug-likeness (QED) is 0.177. The molecule has 7 aromatic carbocycles. The summed E-state index contributed by atoms with van der Waals surface area (Å²) in [7, 11) is 0. The minimum atomic E-state index is -0.588. The van der Waals surface area contributed by atoms with Gasteiger partial charge in [0.25, 0.3) is 0 Å². The Morgan fingerprint density at radius 3 is 1.50 bits per heavy atom. The van der Waals surface area contributed by atoms with E-state index in [-0.39, 0.29) is 0 Å². The first-order chi connectivity index (χ1) is 25.8. The summed E-state index contributed by atoms with van der Waals surface area (Å²) < 4.78 is 6.46. The molecule has 0 bridgehead atoms. The van der Waals surface area contributed by atoms with Crippen LogP contribution in [0.25, 0.3) is 67.6 Å². The third-order valence-corrected chi connectivity index (χ3v) is 10.2. The molecule has 0 amide bonds. The molecule has 0 N–H and O–H groups in total. The fourth-order valence-corrected chi connectivity index (χ4v) is 7.85. The van der Waals surface area contributed by atoms with Crippen molar-refractivity contribution in [2.45, 2.75) is 5.41 Å². The van der Waals surface area contributed by atoms with E-state index in [9.17, 15) is 0 Å². The van der Waals surface area contributed by atoms with Crippen molar-refractivity contribution >= 4 is 11.1 Å². The van der Waals surface area contributed by atoms with Crippen molar-refractivity contribution < 1.29 is 4.42 Å². The Labute approximate surface area is 301 Å². The highest BCUT2D eigenvalue weighted by Gasteiger charge is 2.46. The van der Waals surface area contributed by atoms with Crippen LogP contribution in [0.5, 0.6) is 0 Å². The molecule has 0 saturated carbocycles. The Bertz CT molecular complexity index is 2620. The third kappa shape index (κ3) is 4.80. The van der Waals surface area contributed by atoms with Crippen molar-refractivity contribution in [1.29, 1.82) is 0 Å². The van der Waals surface area contributed by atoms with Gasteiger partial charge in [0.15, 0.2) is 11.4 Å². The van der Waals surface area contributed by atoms with Crippen LogP contribution in [0.15, 0.2) is 192 Å². The zero-order valence-corrected chi connectivity index (χ0v) is 28.1. The number of rotatable bonds is 6. The fourth-order valence-electron chi connectivity index (χ4n) is 7.85. The van der Waals surface area contributed by atoms with Gasteiger partial charge in [-0.3, -0.25) is 0 Å². The Morgan fingerprint density at radius 1 is 0.385 bits per heavy atom. The lowest BCUT2D eigenvalue weighted by Gasteiger charge is -2.33. The molecule has 52 heavy (non-hydrogen) atoms. The molecule has 0 fully saturated rings. The Hall–Kier alpha value is -6.91. The molecule has 1 aliphatic rings. The van der Waals surface area contributed by atoms with E-state index in [1.807, 2.05) is 66.7 Å². The highest BCUT2D eigenvalue weighted by Crippen LogP contribution is 2.56. The van der Waals surface area contributed by atoms with Crippen LogP contribution < -0.4 is 0 Å². The summed E-state index contributed by atoms with van der Waals surface area (Å²) in [4.78, 5) is 15.0. The first kappa shape index (κ1) is 30.0. The number of hydrogen-bond donors (Lipinski definition) is 0. The molecule has 0 spiro atoms. The van der Waals surface area contributed by atoms with Gasteiger partial charge in [-0.25, -0.2) is 15.0 Å². The minimum absolute atomic E-state index is 0.588. The molecule has 4 nitrogen and oxygen atoms in total. The summed E-state index contributed by atoms with van der Waals surface area (Å²) in [6.45, 7) is 0. The molecule has 2 aromatic heterocycles. The van der Waals surface area contributed by atoms with Crippen LogP contribution in [-0.4, -0.2) is 15.0 Å². The van der Waals surface area contributed by atoms with Gasteiger partial charge in [-0.05, 0) is 63.7 Å². The predicted molar refractivity (Wildman–Crippen MR) is 209 cm³/mol. The first-order valence-electron chi connectivity index (χ1n) is 17.5. The van der Waals surface area contributed by atoms with Gasteiger partial charge in [0.2, 0.25) is 5.89 Å². The van der Waals surface area contributed by atoms with Crippen LogP contribution in [0.1, 0.15) is 22.3 Å². The fraction of sp³-hybridized carbons (Fsp3) is 0.0208. The van der Waals surface area contributed by atoms with E-state index < -0.39 is 5.41 Å². The molecule has 0 saturated heterocycles. The second-order valence-corrected chi connectivity index (χ2v) is 13.2. The third-order valence-electron chi connectivity index (χ3n) is 10.2. The Kier molecular flexibility index (Phi) is 7.00. The van der Waals surface area contributed by atoms with Crippen LogP contribution in [0.2, 0.25) is 0 Å². The molecular formula is C48H31N3O. The van der Waals surface area contributed by atoms with Crippen LogP contribution >= 0.6 is 0 Å². The van der Waals surface area contributed by atoms with Gasteiger partial charge < -0.3 is 4.42 Å². The maximum Gasteiger partial charge on any atom is 0.227 e. The van der Waals surface area contributed by atoms with Crippen molar-refractivity contribution in [1.82, 2.24) is 15.0 Å². The minimum Gasteiger partial charge on any atom is -0.436 e. The van der Waals surface area contributed by atoms with Crippen molar-refractivity contribution in [3.63, 3.8) is 0 Å². The van der Waals surface area contributed by atoms with E-state index in [1.165, 1.54) is 22.3 Å². The number of hydrogen-bond acceptors (Lipinski definition) is 4. The first-order valence-corrected chi connectivity index (χ1v) is 17.5. The lowest BCUT2D eigenvalue weighted by atomic mass is 9.67. The zero-order chi connectivity index (χ0) is 34.5. The van der Waals surface area contributed by atoms with Crippen LogP contribution in [0, 0.1) is 0 Å². The van der Waals surface area contributed by atoms with Crippen LogP contribution in [-0.2, 0) is 5.41 Å². The highest BCUT2D eigenvalue weighted by molar-refractivity contribution is 5.88. The van der Waals surface area contributed by atoms with E-state index in [0.29, 0.717) is 11.7 Å².